The summed E-state index contributed by atoms with van der Waals surface area (Å²) in [6.45, 7) is 5.70. The molecule has 0 aliphatic carbocycles. The molecular weight excluding hydrogens is 340 g/mol. The molecule has 2 aromatic heterocycles. The molecule has 3 aromatic rings. The van der Waals surface area contributed by atoms with Gasteiger partial charge in [-0.15, -0.1) is 0 Å². The second-order valence-electron chi connectivity index (χ2n) is 7.12. The third kappa shape index (κ3) is 4.46. The van der Waals surface area contributed by atoms with Gasteiger partial charge in [-0.1, -0.05) is 29.8 Å². The molecular formula is C21H24N4O2. The fraction of sp³-hybridized carbons (Fsp3) is 0.333. The largest absolute Gasteiger partial charge is 0.455 e. The van der Waals surface area contributed by atoms with Crippen molar-refractivity contribution in [3.63, 3.8) is 0 Å². The highest BCUT2D eigenvalue weighted by Crippen LogP contribution is 2.17. The van der Waals surface area contributed by atoms with Crippen molar-refractivity contribution in [1.29, 1.82) is 0 Å². The average Bonchev–Trinajstić information content (AvgIpc) is 3.38. The van der Waals surface area contributed by atoms with Gasteiger partial charge in [0.1, 0.15) is 5.76 Å². The number of aryl methyl sites for hydroxylation is 1. The van der Waals surface area contributed by atoms with Crippen LogP contribution in [0.15, 0.2) is 53.2 Å². The molecule has 6 nitrogen and oxygen atoms in total. The topological polar surface area (TPSA) is 63.3 Å². The van der Waals surface area contributed by atoms with E-state index in [0.29, 0.717) is 18.0 Å². The van der Waals surface area contributed by atoms with Gasteiger partial charge < -0.3 is 9.73 Å². The minimum atomic E-state index is -0.252. The molecule has 1 aliphatic heterocycles. The summed E-state index contributed by atoms with van der Waals surface area (Å²) in [5, 5.41) is 7.18. The molecule has 0 unspecified atom stereocenters. The number of amides is 1. The van der Waals surface area contributed by atoms with Gasteiger partial charge in [0, 0.05) is 6.20 Å². The lowest BCUT2D eigenvalue weighted by Crippen LogP contribution is -2.17. The first-order chi connectivity index (χ1) is 13.2. The van der Waals surface area contributed by atoms with Crippen molar-refractivity contribution < 1.29 is 9.21 Å². The molecule has 0 atom stereocenters. The molecule has 0 bridgehead atoms. The zero-order valence-corrected chi connectivity index (χ0v) is 15.5. The lowest BCUT2D eigenvalue weighted by Gasteiger charge is -2.11. The van der Waals surface area contributed by atoms with Crippen molar-refractivity contribution in [1.82, 2.24) is 14.7 Å². The summed E-state index contributed by atoms with van der Waals surface area (Å²) in [7, 11) is 0. The molecule has 4 rings (SSSR count). The molecule has 1 amide bonds. The monoisotopic (exact) mass is 364 g/mol. The zero-order chi connectivity index (χ0) is 18.6. The van der Waals surface area contributed by atoms with E-state index >= 15 is 0 Å². The Labute approximate surface area is 158 Å². The smallest absolute Gasteiger partial charge is 0.291 e. The van der Waals surface area contributed by atoms with Crippen LogP contribution in [-0.4, -0.2) is 33.7 Å². The van der Waals surface area contributed by atoms with Crippen molar-refractivity contribution >= 4 is 11.6 Å². The van der Waals surface area contributed by atoms with E-state index in [1.807, 2.05) is 23.0 Å². The number of nitrogens with one attached hydrogen (secondary N) is 1. The predicted octanol–water partition coefficient (Wildman–Crippen LogP) is 3.68. The highest BCUT2D eigenvalue weighted by molar-refractivity contribution is 6.02. The molecule has 1 saturated heterocycles. The van der Waals surface area contributed by atoms with Crippen LogP contribution in [0.1, 0.15) is 40.3 Å². The quantitative estimate of drug-likeness (QED) is 0.725. The van der Waals surface area contributed by atoms with E-state index in [2.05, 4.69) is 40.4 Å². The molecule has 1 aliphatic rings. The predicted molar refractivity (Wildman–Crippen MR) is 104 cm³/mol. The third-order valence-corrected chi connectivity index (χ3v) is 4.78. The van der Waals surface area contributed by atoms with Crippen LogP contribution in [-0.2, 0) is 13.1 Å². The van der Waals surface area contributed by atoms with Gasteiger partial charge in [-0.3, -0.25) is 14.4 Å². The van der Waals surface area contributed by atoms with Crippen LogP contribution in [0.3, 0.4) is 0 Å². The van der Waals surface area contributed by atoms with Crippen LogP contribution >= 0.6 is 0 Å². The van der Waals surface area contributed by atoms with E-state index in [1.54, 1.807) is 12.3 Å². The van der Waals surface area contributed by atoms with Crippen molar-refractivity contribution in [2.24, 2.45) is 0 Å². The number of aromatic nitrogens is 2. The van der Waals surface area contributed by atoms with Gasteiger partial charge >= 0.3 is 0 Å². The number of carbonyl (C=O) groups excluding carboxylic acids is 1. The van der Waals surface area contributed by atoms with E-state index in [9.17, 15) is 4.79 Å². The Morgan fingerprint density at radius 2 is 2.04 bits per heavy atom. The Bertz CT molecular complexity index is 922. The lowest BCUT2D eigenvalue weighted by molar-refractivity contribution is 0.0993. The van der Waals surface area contributed by atoms with Gasteiger partial charge in [0.25, 0.3) is 5.91 Å². The summed E-state index contributed by atoms with van der Waals surface area (Å²) in [6, 6.07) is 11.9. The summed E-state index contributed by atoms with van der Waals surface area (Å²) in [5.41, 5.74) is 3.05. The number of furan rings is 1. The average molecular weight is 364 g/mol. The summed E-state index contributed by atoms with van der Waals surface area (Å²) in [6.07, 6.45) is 5.96. The van der Waals surface area contributed by atoms with Crippen LogP contribution in [0.2, 0.25) is 0 Å². The highest BCUT2D eigenvalue weighted by Gasteiger charge is 2.16. The number of rotatable bonds is 6. The van der Waals surface area contributed by atoms with Crippen molar-refractivity contribution in [2.45, 2.75) is 32.9 Å². The number of nitrogens with zero attached hydrogens (tertiary/aromatic N) is 3. The number of benzene rings is 1. The Kier molecular flexibility index (Phi) is 5.07. The minimum absolute atomic E-state index is 0.252. The standard InChI is InChI=1S/C21H24N4O2/c1-16-5-4-6-17(11-16)13-25-14-18(12-22-25)23-21(26)20-8-7-19(27-20)15-24-9-2-3-10-24/h4-8,11-12,14H,2-3,9-10,13,15H2,1H3,(H,23,26). The normalized spacial score (nSPS) is 14.6. The van der Waals surface area contributed by atoms with Crippen molar-refractivity contribution in [3.05, 3.63) is 71.4 Å². The number of anilines is 1. The Morgan fingerprint density at radius 1 is 1.19 bits per heavy atom. The lowest BCUT2D eigenvalue weighted by atomic mass is 10.1. The van der Waals surface area contributed by atoms with Crippen molar-refractivity contribution in [2.75, 3.05) is 18.4 Å². The third-order valence-electron chi connectivity index (χ3n) is 4.78. The Morgan fingerprint density at radius 3 is 2.85 bits per heavy atom. The highest BCUT2D eigenvalue weighted by atomic mass is 16.4. The van der Waals surface area contributed by atoms with Gasteiger partial charge in [0.2, 0.25) is 0 Å². The minimum Gasteiger partial charge on any atom is -0.455 e. The van der Waals surface area contributed by atoms with Crippen LogP contribution in [0.25, 0.3) is 0 Å². The summed E-state index contributed by atoms with van der Waals surface area (Å²) in [5.74, 6) is 0.908. The SMILES string of the molecule is Cc1cccc(Cn2cc(NC(=O)c3ccc(CN4CCCC4)o3)cn2)c1. The fourth-order valence-corrected chi connectivity index (χ4v) is 3.45. The maximum atomic E-state index is 12.4. The van der Waals surface area contributed by atoms with Crippen LogP contribution < -0.4 is 5.32 Å². The molecule has 1 fully saturated rings. The molecule has 0 spiro atoms. The molecule has 6 heteroatoms. The molecule has 1 N–H and O–H groups in total. The molecule has 0 saturated carbocycles. The second-order valence-corrected chi connectivity index (χ2v) is 7.12. The summed E-state index contributed by atoms with van der Waals surface area (Å²) in [4.78, 5) is 14.8. The second kappa shape index (κ2) is 7.80. The van der Waals surface area contributed by atoms with E-state index in [-0.39, 0.29) is 5.91 Å². The van der Waals surface area contributed by atoms with E-state index < -0.39 is 0 Å². The Hall–Kier alpha value is -2.86. The van der Waals surface area contributed by atoms with Crippen molar-refractivity contribution in [3.8, 4) is 0 Å². The summed E-state index contributed by atoms with van der Waals surface area (Å²) < 4.78 is 7.53. The van der Waals surface area contributed by atoms with Gasteiger partial charge in [0.05, 0.1) is 25.0 Å². The first-order valence-electron chi connectivity index (χ1n) is 9.36. The number of hydrogen-bond donors (Lipinski definition) is 1. The van der Waals surface area contributed by atoms with Gasteiger partial charge in [-0.2, -0.15) is 5.10 Å². The van der Waals surface area contributed by atoms with Crippen LogP contribution in [0, 0.1) is 6.92 Å². The molecule has 27 heavy (non-hydrogen) atoms. The zero-order valence-electron chi connectivity index (χ0n) is 15.5. The fourth-order valence-electron chi connectivity index (χ4n) is 3.45. The number of hydrogen-bond acceptors (Lipinski definition) is 4. The Balaban J connectivity index is 1.35. The van der Waals surface area contributed by atoms with Crippen LogP contribution in [0.4, 0.5) is 5.69 Å². The maximum Gasteiger partial charge on any atom is 0.291 e. The first kappa shape index (κ1) is 17.5. The van der Waals surface area contributed by atoms with E-state index in [4.69, 9.17) is 4.42 Å². The molecule has 1 aromatic carbocycles. The first-order valence-corrected chi connectivity index (χ1v) is 9.36. The number of carbonyl (C=O) groups is 1. The number of likely N-dealkylation sites (tertiary alicyclic amines) is 1. The van der Waals surface area contributed by atoms with E-state index in [1.165, 1.54) is 24.0 Å². The molecule has 140 valence electrons. The van der Waals surface area contributed by atoms with Gasteiger partial charge in [-0.25, -0.2) is 0 Å². The van der Waals surface area contributed by atoms with Crippen LogP contribution in [0.5, 0.6) is 0 Å². The molecule has 3 heterocycles. The van der Waals surface area contributed by atoms with Gasteiger partial charge in [-0.05, 0) is 50.6 Å². The summed E-state index contributed by atoms with van der Waals surface area (Å²) >= 11 is 0. The molecule has 0 radical (unpaired) electrons. The van der Waals surface area contributed by atoms with E-state index in [0.717, 1.165) is 25.4 Å². The van der Waals surface area contributed by atoms with Gasteiger partial charge in [0.15, 0.2) is 5.76 Å². The maximum absolute atomic E-state index is 12.4.